The first-order chi connectivity index (χ1) is 13.8. The quantitative estimate of drug-likeness (QED) is 0.386. The molecule has 0 aromatic heterocycles. The molecule has 0 saturated carbocycles. The Kier molecular flexibility index (Phi) is 8.27. The Labute approximate surface area is 170 Å². The van der Waals surface area contributed by atoms with Gasteiger partial charge in [-0.3, -0.25) is 14.4 Å². The third kappa shape index (κ3) is 6.60. The largest absolute Gasteiger partial charge is 0.383 e. The summed E-state index contributed by atoms with van der Waals surface area (Å²) in [6, 6.07) is 6.61. The molecule has 1 saturated heterocycles. The van der Waals surface area contributed by atoms with Crippen molar-refractivity contribution in [3.05, 3.63) is 35.9 Å². The first kappa shape index (κ1) is 23.0. The van der Waals surface area contributed by atoms with Crippen molar-refractivity contribution in [2.45, 2.75) is 37.1 Å². The Balaban J connectivity index is 2.10. The first-order valence-electron chi connectivity index (χ1n) is 9.37. The smallest absolute Gasteiger partial charge is 0.245 e. The second-order valence-corrected chi connectivity index (χ2v) is 7.21. The van der Waals surface area contributed by atoms with Crippen LogP contribution in [0, 0.1) is 0 Å². The van der Waals surface area contributed by atoms with Gasteiger partial charge in [0.15, 0.2) is 5.78 Å². The molecule has 2 rings (SSSR count). The summed E-state index contributed by atoms with van der Waals surface area (Å²) in [5, 5.41) is 5.28. The molecule has 0 aliphatic carbocycles. The summed E-state index contributed by atoms with van der Waals surface area (Å²) in [5.41, 5.74) is 5.71. The van der Waals surface area contributed by atoms with Crippen LogP contribution >= 0.6 is 0 Å². The number of ketones is 1. The lowest BCUT2D eigenvalue weighted by molar-refractivity contribution is -0.134. The number of hydrogen-bond donors (Lipinski definition) is 3. The van der Waals surface area contributed by atoms with E-state index >= 15 is 0 Å². The third-order valence-corrected chi connectivity index (χ3v) is 4.66. The van der Waals surface area contributed by atoms with E-state index in [1.807, 2.05) is 30.3 Å². The molecule has 4 atom stereocenters. The van der Waals surface area contributed by atoms with Crippen LogP contribution in [0.3, 0.4) is 0 Å². The molecule has 1 aromatic carbocycles. The Morgan fingerprint density at radius 1 is 1.07 bits per heavy atom. The molecule has 9 heteroatoms. The Hall–Kier alpha value is -2.33. The van der Waals surface area contributed by atoms with Crippen LogP contribution in [0.15, 0.2) is 30.3 Å². The third-order valence-electron chi connectivity index (χ3n) is 4.66. The monoisotopic (exact) mass is 407 g/mol. The van der Waals surface area contributed by atoms with Crippen LogP contribution in [0.1, 0.15) is 12.5 Å². The summed E-state index contributed by atoms with van der Waals surface area (Å²) < 4.78 is 15.2. The molecular formula is C20H29N3O6. The number of nitrogens with two attached hydrogens (primary N) is 1. The van der Waals surface area contributed by atoms with Gasteiger partial charge in [-0.2, -0.15) is 0 Å². The number of amides is 2. The number of ether oxygens (including phenoxy) is 3. The van der Waals surface area contributed by atoms with E-state index in [-0.39, 0.29) is 19.0 Å². The average molecular weight is 407 g/mol. The Morgan fingerprint density at radius 3 is 2.21 bits per heavy atom. The predicted octanol–water partition coefficient (Wildman–Crippen LogP) is -0.823. The van der Waals surface area contributed by atoms with Crippen molar-refractivity contribution in [3.8, 4) is 0 Å². The number of epoxide rings is 1. The van der Waals surface area contributed by atoms with Crippen LogP contribution < -0.4 is 16.4 Å². The second kappa shape index (κ2) is 10.4. The zero-order valence-electron chi connectivity index (χ0n) is 17.0. The van der Waals surface area contributed by atoms with Gasteiger partial charge in [0.05, 0.1) is 25.9 Å². The molecule has 1 fully saturated rings. The number of methoxy groups -OCH3 is 2. The molecule has 1 aliphatic rings. The first-order valence-corrected chi connectivity index (χ1v) is 9.37. The molecular weight excluding hydrogens is 378 g/mol. The van der Waals surface area contributed by atoms with E-state index < -0.39 is 35.5 Å². The predicted molar refractivity (Wildman–Crippen MR) is 105 cm³/mol. The van der Waals surface area contributed by atoms with Crippen LogP contribution in [-0.2, 0) is 35.0 Å². The van der Waals surface area contributed by atoms with Crippen LogP contribution in [0.2, 0.25) is 0 Å². The highest BCUT2D eigenvalue weighted by Gasteiger charge is 2.50. The maximum absolute atomic E-state index is 12.9. The standard InChI is InChI=1S/C20H29N3O6/c1-20(12-29-20)17(24)15(9-13-7-5-4-6-8-13)22-19(26)16(11-28-3)23-18(25)14(21)10-27-2/h4-8,14-16H,9-12,21H2,1-3H3,(H,22,26)(H,23,25). The second-order valence-electron chi connectivity index (χ2n) is 7.21. The van der Waals surface area contributed by atoms with Crippen molar-refractivity contribution in [2.24, 2.45) is 5.73 Å². The number of carbonyl (C=O) groups is 3. The van der Waals surface area contributed by atoms with Crippen LogP contribution in [0.25, 0.3) is 0 Å². The lowest BCUT2D eigenvalue weighted by Gasteiger charge is -2.24. The van der Waals surface area contributed by atoms with Crippen LogP contribution in [0.4, 0.5) is 0 Å². The fourth-order valence-corrected chi connectivity index (χ4v) is 2.83. The van der Waals surface area contributed by atoms with E-state index in [0.29, 0.717) is 13.0 Å². The number of hydrogen-bond acceptors (Lipinski definition) is 7. The normalized spacial score (nSPS) is 21.0. The molecule has 2 amide bonds. The van der Waals surface area contributed by atoms with E-state index in [2.05, 4.69) is 10.6 Å². The summed E-state index contributed by atoms with van der Waals surface area (Å²) >= 11 is 0. The molecule has 29 heavy (non-hydrogen) atoms. The van der Waals surface area contributed by atoms with Gasteiger partial charge in [-0.1, -0.05) is 30.3 Å². The Bertz CT molecular complexity index is 707. The number of carbonyl (C=O) groups excluding carboxylic acids is 3. The summed E-state index contributed by atoms with van der Waals surface area (Å²) in [7, 11) is 2.83. The van der Waals surface area contributed by atoms with Crippen LogP contribution in [-0.4, -0.2) is 75.4 Å². The molecule has 0 radical (unpaired) electrons. The lowest BCUT2D eigenvalue weighted by atomic mass is 9.94. The number of benzene rings is 1. The fraction of sp³-hybridized carbons (Fsp3) is 0.550. The minimum absolute atomic E-state index is 0.0119. The van der Waals surface area contributed by atoms with Gasteiger partial charge in [0.2, 0.25) is 11.8 Å². The van der Waals surface area contributed by atoms with E-state index in [1.165, 1.54) is 14.2 Å². The maximum atomic E-state index is 12.9. The summed E-state index contributed by atoms with van der Waals surface area (Å²) in [6.07, 6.45) is 0.307. The fourth-order valence-electron chi connectivity index (χ4n) is 2.83. The molecule has 160 valence electrons. The van der Waals surface area contributed by atoms with Gasteiger partial charge in [0, 0.05) is 14.2 Å². The molecule has 4 unspecified atom stereocenters. The molecule has 1 aromatic rings. The average Bonchev–Trinajstić information content (AvgIpc) is 3.46. The SMILES string of the molecule is COCC(N)C(=O)NC(COC)C(=O)NC(Cc1ccccc1)C(=O)C1(C)CO1. The number of nitrogens with one attached hydrogen (secondary N) is 2. The minimum atomic E-state index is -1.01. The summed E-state index contributed by atoms with van der Waals surface area (Å²) in [6.45, 7) is 1.95. The van der Waals surface area contributed by atoms with Gasteiger partial charge >= 0.3 is 0 Å². The molecule has 0 bridgehead atoms. The number of rotatable bonds is 12. The molecule has 0 spiro atoms. The zero-order chi connectivity index (χ0) is 21.4. The van der Waals surface area contributed by atoms with Crippen molar-refractivity contribution in [2.75, 3.05) is 34.0 Å². The lowest BCUT2D eigenvalue weighted by Crippen LogP contribution is -2.57. The van der Waals surface area contributed by atoms with E-state index in [0.717, 1.165) is 5.56 Å². The van der Waals surface area contributed by atoms with Gasteiger partial charge in [0.25, 0.3) is 0 Å². The van der Waals surface area contributed by atoms with E-state index in [4.69, 9.17) is 19.9 Å². The highest BCUT2D eigenvalue weighted by atomic mass is 16.6. The van der Waals surface area contributed by atoms with Crippen molar-refractivity contribution in [1.82, 2.24) is 10.6 Å². The van der Waals surface area contributed by atoms with Crippen molar-refractivity contribution < 1.29 is 28.6 Å². The van der Waals surface area contributed by atoms with Gasteiger partial charge < -0.3 is 30.6 Å². The van der Waals surface area contributed by atoms with E-state index in [9.17, 15) is 14.4 Å². The van der Waals surface area contributed by atoms with Crippen LogP contribution in [0.5, 0.6) is 0 Å². The van der Waals surface area contributed by atoms with E-state index in [1.54, 1.807) is 6.92 Å². The molecule has 1 heterocycles. The van der Waals surface area contributed by atoms with Gasteiger partial charge in [-0.25, -0.2) is 0 Å². The zero-order valence-corrected chi connectivity index (χ0v) is 17.0. The van der Waals surface area contributed by atoms with Gasteiger partial charge in [-0.05, 0) is 18.9 Å². The van der Waals surface area contributed by atoms with Crippen molar-refractivity contribution in [3.63, 3.8) is 0 Å². The summed E-state index contributed by atoms with van der Waals surface area (Å²) in [4.78, 5) is 37.9. The maximum Gasteiger partial charge on any atom is 0.245 e. The molecule has 9 nitrogen and oxygen atoms in total. The number of Topliss-reactive ketones (excluding diaryl/α,β-unsaturated/α-hetero) is 1. The highest BCUT2D eigenvalue weighted by molar-refractivity contribution is 5.98. The Morgan fingerprint density at radius 2 is 1.66 bits per heavy atom. The summed E-state index contributed by atoms with van der Waals surface area (Å²) in [5.74, 6) is -1.30. The topological polar surface area (TPSA) is 132 Å². The van der Waals surface area contributed by atoms with Gasteiger partial charge in [0.1, 0.15) is 17.7 Å². The highest BCUT2D eigenvalue weighted by Crippen LogP contribution is 2.29. The minimum Gasteiger partial charge on any atom is -0.383 e. The van der Waals surface area contributed by atoms with Gasteiger partial charge in [-0.15, -0.1) is 0 Å². The van der Waals surface area contributed by atoms with Crippen molar-refractivity contribution in [1.29, 1.82) is 0 Å². The molecule has 1 aliphatic heterocycles. The van der Waals surface area contributed by atoms with Crippen molar-refractivity contribution >= 4 is 17.6 Å². The molecule has 4 N–H and O–H groups in total.